The SMILES string of the molecule is Cc1nn(-c2ncc(F)cc2F)c(C)c1C1CCC(=O)N1. The van der Waals surface area contributed by atoms with Crippen LogP contribution in [0.2, 0.25) is 0 Å². The van der Waals surface area contributed by atoms with Crippen LogP contribution in [0.5, 0.6) is 0 Å². The maximum atomic E-state index is 13.9. The number of aryl methyl sites for hydroxylation is 1. The summed E-state index contributed by atoms with van der Waals surface area (Å²) >= 11 is 0. The summed E-state index contributed by atoms with van der Waals surface area (Å²) in [7, 11) is 0. The fourth-order valence-corrected chi connectivity index (χ4v) is 2.76. The monoisotopic (exact) mass is 292 g/mol. The zero-order valence-electron chi connectivity index (χ0n) is 11.7. The molecule has 7 heteroatoms. The van der Waals surface area contributed by atoms with Crippen LogP contribution in [-0.4, -0.2) is 20.7 Å². The molecular formula is C14H14F2N4O. The minimum absolute atomic E-state index is 0.00219. The number of hydrogen-bond donors (Lipinski definition) is 1. The van der Waals surface area contributed by atoms with Gasteiger partial charge < -0.3 is 5.32 Å². The van der Waals surface area contributed by atoms with Gasteiger partial charge in [0.15, 0.2) is 11.6 Å². The van der Waals surface area contributed by atoms with Crippen LogP contribution in [0.3, 0.4) is 0 Å². The number of pyridine rings is 1. The van der Waals surface area contributed by atoms with E-state index in [0.29, 0.717) is 24.2 Å². The molecule has 3 heterocycles. The first-order valence-electron chi connectivity index (χ1n) is 6.64. The summed E-state index contributed by atoms with van der Waals surface area (Å²) in [6.07, 6.45) is 2.11. The molecule has 110 valence electrons. The van der Waals surface area contributed by atoms with Crippen LogP contribution in [0.1, 0.15) is 35.8 Å². The van der Waals surface area contributed by atoms with Crippen molar-refractivity contribution in [2.24, 2.45) is 0 Å². The molecule has 3 rings (SSSR count). The number of nitrogens with one attached hydrogen (secondary N) is 1. The van der Waals surface area contributed by atoms with Crippen molar-refractivity contribution >= 4 is 5.91 Å². The molecular weight excluding hydrogens is 278 g/mol. The highest BCUT2D eigenvalue weighted by Gasteiger charge is 2.28. The predicted molar refractivity (Wildman–Crippen MR) is 70.9 cm³/mol. The van der Waals surface area contributed by atoms with Crippen molar-refractivity contribution < 1.29 is 13.6 Å². The molecule has 1 saturated heterocycles. The molecule has 1 fully saturated rings. The fourth-order valence-electron chi connectivity index (χ4n) is 2.76. The summed E-state index contributed by atoms with van der Waals surface area (Å²) in [5.41, 5.74) is 2.26. The van der Waals surface area contributed by atoms with Gasteiger partial charge in [-0.15, -0.1) is 0 Å². The quantitative estimate of drug-likeness (QED) is 0.922. The summed E-state index contributed by atoms with van der Waals surface area (Å²) in [5.74, 6) is -1.56. The van der Waals surface area contributed by atoms with Crippen LogP contribution in [0.25, 0.3) is 5.82 Å². The number of amides is 1. The lowest BCUT2D eigenvalue weighted by Gasteiger charge is -2.11. The third kappa shape index (κ3) is 2.28. The summed E-state index contributed by atoms with van der Waals surface area (Å²) in [6.45, 7) is 3.58. The maximum absolute atomic E-state index is 13.9. The fraction of sp³-hybridized carbons (Fsp3) is 0.357. The minimum Gasteiger partial charge on any atom is -0.349 e. The zero-order chi connectivity index (χ0) is 15.1. The van der Waals surface area contributed by atoms with Crippen molar-refractivity contribution in [2.45, 2.75) is 32.7 Å². The van der Waals surface area contributed by atoms with Crippen molar-refractivity contribution in [1.29, 1.82) is 0 Å². The highest BCUT2D eigenvalue weighted by molar-refractivity contribution is 5.78. The van der Waals surface area contributed by atoms with Gasteiger partial charge in [-0.1, -0.05) is 0 Å². The second kappa shape index (κ2) is 4.91. The maximum Gasteiger partial charge on any atom is 0.220 e. The van der Waals surface area contributed by atoms with Crippen molar-refractivity contribution in [2.75, 3.05) is 0 Å². The Hall–Kier alpha value is -2.31. The first-order chi connectivity index (χ1) is 9.97. The largest absolute Gasteiger partial charge is 0.349 e. The van der Waals surface area contributed by atoms with E-state index in [2.05, 4.69) is 15.4 Å². The van der Waals surface area contributed by atoms with Crippen molar-refractivity contribution in [3.8, 4) is 5.82 Å². The van der Waals surface area contributed by atoms with Gasteiger partial charge in [-0.3, -0.25) is 4.79 Å². The first kappa shape index (κ1) is 13.7. The van der Waals surface area contributed by atoms with Gasteiger partial charge in [0, 0.05) is 23.7 Å². The number of hydrogen-bond acceptors (Lipinski definition) is 3. The third-order valence-corrected chi connectivity index (χ3v) is 3.68. The number of halogens is 2. The van der Waals surface area contributed by atoms with E-state index in [4.69, 9.17) is 0 Å². The molecule has 0 spiro atoms. The Bertz CT molecular complexity index is 726. The Balaban J connectivity index is 2.07. The van der Waals surface area contributed by atoms with E-state index in [-0.39, 0.29) is 17.8 Å². The van der Waals surface area contributed by atoms with Crippen LogP contribution >= 0.6 is 0 Å². The molecule has 0 radical (unpaired) electrons. The third-order valence-electron chi connectivity index (χ3n) is 3.68. The van der Waals surface area contributed by atoms with Crippen LogP contribution in [0.4, 0.5) is 8.78 Å². The van der Waals surface area contributed by atoms with Crippen molar-refractivity contribution in [3.63, 3.8) is 0 Å². The summed E-state index contributed by atoms with van der Waals surface area (Å²) in [4.78, 5) is 15.1. The van der Waals surface area contributed by atoms with E-state index >= 15 is 0 Å². The normalized spacial score (nSPS) is 18.1. The molecule has 1 atom stereocenters. The highest BCUT2D eigenvalue weighted by atomic mass is 19.1. The van der Waals surface area contributed by atoms with Crippen molar-refractivity contribution in [3.05, 3.63) is 40.8 Å². The average molecular weight is 292 g/mol. The molecule has 1 aliphatic rings. The van der Waals surface area contributed by atoms with E-state index in [0.717, 1.165) is 17.8 Å². The van der Waals surface area contributed by atoms with Gasteiger partial charge in [-0.05, 0) is 20.3 Å². The van der Waals surface area contributed by atoms with Gasteiger partial charge in [-0.25, -0.2) is 18.4 Å². The predicted octanol–water partition coefficient (Wildman–Crippen LogP) is 2.11. The topological polar surface area (TPSA) is 59.8 Å². The molecule has 1 unspecified atom stereocenters. The zero-order valence-corrected chi connectivity index (χ0v) is 11.7. The molecule has 21 heavy (non-hydrogen) atoms. The van der Waals surface area contributed by atoms with Crippen LogP contribution in [-0.2, 0) is 4.79 Å². The molecule has 1 aliphatic heterocycles. The van der Waals surface area contributed by atoms with E-state index in [1.54, 1.807) is 13.8 Å². The van der Waals surface area contributed by atoms with Gasteiger partial charge in [0.2, 0.25) is 5.91 Å². The summed E-state index contributed by atoms with van der Waals surface area (Å²) in [5, 5.41) is 7.15. The molecule has 0 saturated carbocycles. The van der Waals surface area contributed by atoms with Crippen LogP contribution < -0.4 is 5.32 Å². The lowest BCUT2D eigenvalue weighted by molar-refractivity contribution is -0.119. The standard InChI is InChI=1S/C14H14F2N4O/c1-7-13(11-3-4-12(21)18-11)8(2)20(19-7)14-10(16)5-9(15)6-17-14/h5-6,11H,3-4H2,1-2H3,(H,18,21). The molecule has 1 amide bonds. The smallest absolute Gasteiger partial charge is 0.220 e. The Kier molecular flexibility index (Phi) is 3.19. The summed E-state index contributed by atoms with van der Waals surface area (Å²) in [6, 6.07) is 0.658. The molecule has 0 aliphatic carbocycles. The molecule has 0 bridgehead atoms. The van der Waals surface area contributed by atoms with Crippen LogP contribution in [0.15, 0.2) is 12.3 Å². The van der Waals surface area contributed by atoms with Gasteiger partial charge in [0.05, 0.1) is 17.9 Å². The van der Waals surface area contributed by atoms with E-state index in [1.807, 2.05) is 0 Å². The van der Waals surface area contributed by atoms with Crippen LogP contribution in [0, 0.1) is 25.5 Å². The second-order valence-electron chi connectivity index (χ2n) is 5.11. The highest BCUT2D eigenvalue weighted by Crippen LogP contribution is 2.30. The summed E-state index contributed by atoms with van der Waals surface area (Å²) < 4.78 is 28.2. The lowest BCUT2D eigenvalue weighted by atomic mass is 10.0. The number of carbonyl (C=O) groups excluding carboxylic acids is 1. The molecule has 2 aromatic rings. The Morgan fingerprint density at radius 1 is 1.38 bits per heavy atom. The Morgan fingerprint density at radius 2 is 2.14 bits per heavy atom. The van der Waals surface area contributed by atoms with Gasteiger partial charge in [0.1, 0.15) is 5.82 Å². The van der Waals surface area contributed by atoms with Crippen molar-refractivity contribution in [1.82, 2.24) is 20.1 Å². The molecule has 1 N–H and O–H groups in total. The number of rotatable bonds is 2. The van der Waals surface area contributed by atoms with E-state index in [1.165, 1.54) is 4.68 Å². The van der Waals surface area contributed by atoms with Gasteiger partial charge in [-0.2, -0.15) is 5.10 Å². The van der Waals surface area contributed by atoms with Gasteiger partial charge in [0.25, 0.3) is 0 Å². The Morgan fingerprint density at radius 3 is 2.76 bits per heavy atom. The van der Waals surface area contributed by atoms with E-state index < -0.39 is 11.6 Å². The second-order valence-corrected chi connectivity index (χ2v) is 5.11. The molecule has 5 nitrogen and oxygen atoms in total. The first-order valence-corrected chi connectivity index (χ1v) is 6.64. The molecule has 2 aromatic heterocycles. The minimum atomic E-state index is -0.775. The Labute approximate surface area is 120 Å². The lowest BCUT2D eigenvalue weighted by Crippen LogP contribution is -2.19. The van der Waals surface area contributed by atoms with Gasteiger partial charge >= 0.3 is 0 Å². The van der Waals surface area contributed by atoms with E-state index in [9.17, 15) is 13.6 Å². The number of carbonyl (C=O) groups is 1. The molecule has 0 aromatic carbocycles. The average Bonchev–Trinajstić information content (AvgIpc) is 2.94. The number of nitrogens with zero attached hydrogens (tertiary/aromatic N) is 3. The number of aromatic nitrogens is 3.